The molecule has 0 atom stereocenters. The van der Waals surface area contributed by atoms with E-state index in [-0.39, 0.29) is 5.41 Å². The van der Waals surface area contributed by atoms with Crippen LogP contribution in [0.25, 0.3) is 99.2 Å². The zero-order valence-electron chi connectivity index (χ0n) is 44.2. The number of furan rings is 3. The Morgan fingerprint density at radius 2 is 0.848 bits per heavy atom. The van der Waals surface area contributed by atoms with E-state index in [4.69, 9.17) is 13.3 Å². The van der Waals surface area contributed by atoms with Crippen molar-refractivity contribution in [3.05, 3.63) is 265 Å². The van der Waals surface area contributed by atoms with Crippen molar-refractivity contribution in [2.45, 2.75) is 38.5 Å². The summed E-state index contributed by atoms with van der Waals surface area (Å²) in [6.07, 6.45) is 0. The van der Waals surface area contributed by atoms with Crippen molar-refractivity contribution < 1.29 is 13.3 Å². The molecule has 0 saturated carbocycles. The molecule has 5 heteroatoms. The van der Waals surface area contributed by atoms with Crippen molar-refractivity contribution in [2.75, 3.05) is 9.80 Å². The average molecular weight is 1020 g/mol. The first-order valence-electron chi connectivity index (χ1n) is 27.3. The first-order valence-corrected chi connectivity index (χ1v) is 27.3. The summed E-state index contributed by atoms with van der Waals surface area (Å²) in [4.78, 5) is 4.75. The maximum absolute atomic E-state index is 7.35. The van der Waals surface area contributed by atoms with Gasteiger partial charge in [-0.05, 0) is 141 Å². The van der Waals surface area contributed by atoms with Crippen LogP contribution < -0.4 is 9.80 Å². The molecule has 376 valence electrons. The summed E-state index contributed by atoms with van der Waals surface area (Å²) >= 11 is 0. The summed E-state index contributed by atoms with van der Waals surface area (Å²) in [5, 5.41) is 6.75. The van der Waals surface area contributed by atoms with E-state index in [0.717, 1.165) is 117 Å². The molecule has 0 aliphatic heterocycles. The summed E-state index contributed by atoms with van der Waals surface area (Å²) in [5.41, 5.74) is 22.7. The van der Waals surface area contributed by atoms with Crippen molar-refractivity contribution in [3.63, 3.8) is 0 Å². The second-order valence-corrected chi connectivity index (χ2v) is 22.4. The lowest BCUT2D eigenvalue weighted by atomic mass is 9.73. The number of allylic oxidation sites excluding steroid dienone is 2. The van der Waals surface area contributed by atoms with E-state index in [1.165, 1.54) is 38.8 Å². The molecule has 14 aromatic rings. The van der Waals surface area contributed by atoms with E-state index in [9.17, 15) is 0 Å². The molecule has 3 aromatic heterocycles. The molecule has 2 aliphatic carbocycles. The van der Waals surface area contributed by atoms with Crippen LogP contribution in [0.1, 0.15) is 49.9 Å². The Kier molecular flexibility index (Phi) is 9.66. The van der Waals surface area contributed by atoms with Gasteiger partial charge in [-0.3, -0.25) is 0 Å². The molecular weight excluding hydrogens is 965 g/mol. The fraction of sp³-hybridized carbons (Fsp3) is 0.0811. The third-order valence-electron chi connectivity index (χ3n) is 17.1. The minimum atomic E-state index is -0.397. The second kappa shape index (κ2) is 16.8. The van der Waals surface area contributed by atoms with E-state index < -0.39 is 5.41 Å². The van der Waals surface area contributed by atoms with Crippen molar-refractivity contribution in [3.8, 4) is 22.3 Å². The molecule has 5 nitrogen and oxygen atoms in total. The minimum absolute atomic E-state index is 0.376. The zero-order chi connectivity index (χ0) is 52.7. The van der Waals surface area contributed by atoms with Crippen LogP contribution in [0.15, 0.2) is 256 Å². The number of rotatable bonds is 8. The van der Waals surface area contributed by atoms with Crippen LogP contribution in [0.5, 0.6) is 0 Å². The molecule has 0 bridgehead atoms. The second-order valence-electron chi connectivity index (χ2n) is 22.4. The van der Waals surface area contributed by atoms with Crippen LogP contribution in [0.4, 0.5) is 34.1 Å². The number of fused-ring (bicyclic) bond motifs is 15. The Labute approximate surface area is 457 Å². The van der Waals surface area contributed by atoms with Gasteiger partial charge in [0.15, 0.2) is 5.58 Å². The van der Waals surface area contributed by atoms with E-state index in [0.29, 0.717) is 0 Å². The molecule has 2 aliphatic rings. The third kappa shape index (κ3) is 6.63. The van der Waals surface area contributed by atoms with Crippen LogP contribution >= 0.6 is 0 Å². The summed E-state index contributed by atoms with van der Waals surface area (Å²) < 4.78 is 20.9. The fourth-order valence-electron chi connectivity index (χ4n) is 13.7. The highest BCUT2D eigenvalue weighted by atomic mass is 16.3. The molecule has 0 radical (unpaired) electrons. The number of para-hydroxylation sites is 6. The van der Waals surface area contributed by atoms with E-state index in [2.05, 4.69) is 274 Å². The molecule has 0 fully saturated rings. The fourth-order valence-corrected chi connectivity index (χ4v) is 13.7. The van der Waals surface area contributed by atoms with Crippen LogP contribution in [0.2, 0.25) is 0 Å². The minimum Gasteiger partial charge on any atom is -0.456 e. The topological polar surface area (TPSA) is 45.9 Å². The Morgan fingerprint density at radius 3 is 1.53 bits per heavy atom. The molecule has 0 N–H and O–H groups in total. The van der Waals surface area contributed by atoms with Crippen molar-refractivity contribution in [1.82, 2.24) is 0 Å². The first kappa shape index (κ1) is 45.4. The SMILES string of the molecule is CC1(C)C2=C(c3c1cc(-c1cc(N(c4ccccc4)c4ccccc4)cc(N(c4ccc(-c5ccccc5)cc4)c4cccc5c4oc4ccccc45)c1)c1oc4ccccc4c31)C(C)(C)c1c2ccc2oc3ccccc3c12. The summed E-state index contributed by atoms with van der Waals surface area (Å²) in [5.74, 6) is 0. The molecule has 0 saturated heterocycles. The number of hydrogen-bond acceptors (Lipinski definition) is 5. The normalized spacial score (nSPS) is 14.2. The zero-order valence-corrected chi connectivity index (χ0v) is 44.2. The first-order chi connectivity index (χ1) is 38.7. The third-order valence-corrected chi connectivity index (χ3v) is 17.1. The van der Waals surface area contributed by atoms with Gasteiger partial charge in [-0.1, -0.05) is 179 Å². The highest BCUT2D eigenvalue weighted by Gasteiger charge is 2.52. The monoisotopic (exact) mass is 1020 g/mol. The van der Waals surface area contributed by atoms with Crippen LogP contribution in [0, 0.1) is 0 Å². The average Bonchev–Trinajstić information content (AvgIpc) is 3.95. The van der Waals surface area contributed by atoms with Gasteiger partial charge in [0.2, 0.25) is 0 Å². The molecule has 79 heavy (non-hydrogen) atoms. The van der Waals surface area contributed by atoms with Crippen LogP contribution in [-0.4, -0.2) is 0 Å². The lowest BCUT2D eigenvalue weighted by Crippen LogP contribution is -2.19. The molecule has 0 unspecified atom stereocenters. The van der Waals surface area contributed by atoms with Gasteiger partial charge in [-0.15, -0.1) is 0 Å². The van der Waals surface area contributed by atoms with E-state index >= 15 is 0 Å². The number of anilines is 6. The van der Waals surface area contributed by atoms with Crippen molar-refractivity contribution in [1.29, 1.82) is 0 Å². The number of hydrogen-bond donors (Lipinski definition) is 0. The Balaban J connectivity index is 0.988. The maximum Gasteiger partial charge on any atom is 0.159 e. The summed E-state index contributed by atoms with van der Waals surface area (Å²) in [6, 6.07) is 86.9. The lowest BCUT2D eigenvalue weighted by Gasteiger charge is -2.31. The molecular formula is C74H52N2O3. The molecule has 3 heterocycles. The molecule has 0 amide bonds. The molecule has 16 rings (SSSR count). The number of benzene rings is 11. The van der Waals surface area contributed by atoms with Crippen LogP contribution in [-0.2, 0) is 10.8 Å². The largest absolute Gasteiger partial charge is 0.456 e. The van der Waals surface area contributed by atoms with Crippen LogP contribution in [0.3, 0.4) is 0 Å². The van der Waals surface area contributed by atoms with Gasteiger partial charge < -0.3 is 23.1 Å². The summed E-state index contributed by atoms with van der Waals surface area (Å²) in [6.45, 7) is 9.70. The van der Waals surface area contributed by atoms with Gasteiger partial charge in [0.25, 0.3) is 0 Å². The van der Waals surface area contributed by atoms with Crippen molar-refractivity contribution in [2.24, 2.45) is 0 Å². The van der Waals surface area contributed by atoms with Gasteiger partial charge in [0.1, 0.15) is 27.9 Å². The van der Waals surface area contributed by atoms with Gasteiger partial charge in [-0.25, -0.2) is 0 Å². The highest BCUT2D eigenvalue weighted by Crippen LogP contribution is 2.66. The van der Waals surface area contributed by atoms with Gasteiger partial charge in [-0.2, -0.15) is 0 Å². The van der Waals surface area contributed by atoms with E-state index in [1.807, 2.05) is 6.07 Å². The van der Waals surface area contributed by atoms with Crippen molar-refractivity contribution >= 4 is 111 Å². The van der Waals surface area contributed by atoms with Gasteiger partial charge in [0.05, 0.1) is 5.69 Å². The molecule has 11 aromatic carbocycles. The quantitative estimate of drug-likeness (QED) is 0.152. The smallest absolute Gasteiger partial charge is 0.159 e. The summed E-state index contributed by atoms with van der Waals surface area (Å²) in [7, 11) is 0. The van der Waals surface area contributed by atoms with E-state index in [1.54, 1.807) is 0 Å². The Morgan fingerprint density at radius 1 is 0.316 bits per heavy atom. The Hall–Kier alpha value is -9.84. The Bertz CT molecular complexity index is 4790. The molecule has 0 spiro atoms. The predicted molar refractivity (Wildman–Crippen MR) is 328 cm³/mol. The highest BCUT2D eigenvalue weighted by molar-refractivity contribution is 6.24. The standard InChI is InChI=1S/C74H52N2O3/c1-73(2)59-44-58(72-66(56-29-16-19-34-63(56)79-72)67(59)70-69(73)57-39-40-64-65(68(57)74(70,3)4)55-28-15-18-33-62(55)77-64)47-41-51(75(48-23-10-6-11-24-48)49-25-12-7-13-26-49)43-52(42-47)76(50-37-35-46(36-38-50)45-21-8-5-9-22-45)60-31-20-30-54-53-27-14-17-32-61(53)78-71(54)60/h5-44H,1-4H3. The van der Waals surface area contributed by atoms with Gasteiger partial charge in [0, 0.05) is 77.1 Å². The lowest BCUT2D eigenvalue weighted by molar-refractivity contribution is 0.664. The number of nitrogens with zero attached hydrogens (tertiary/aromatic N) is 2. The maximum atomic E-state index is 7.35. The predicted octanol–water partition coefficient (Wildman–Crippen LogP) is 21.2. The van der Waals surface area contributed by atoms with Gasteiger partial charge >= 0.3 is 0 Å².